The van der Waals surface area contributed by atoms with Gasteiger partial charge in [-0.15, -0.1) is 0 Å². The summed E-state index contributed by atoms with van der Waals surface area (Å²) in [6.07, 6.45) is -4.45. The van der Waals surface area contributed by atoms with Crippen molar-refractivity contribution in [3.05, 3.63) is 0 Å². The van der Waals surface area contributed by atoms with Crippen LogP contribution in [-0.4, -0.2) is 42.8 Å². The zero-order valence-electron chi connectivity index (χ0n) is 10.5. The molecule has 2 rings (SSSR count). The minimum absolute atomic E-state index is 0.0414. The van der Waals surface area contributed by atoms with Crippen LogP contribution >= 0.6 is 0 Å². The van der Waals surface area contributed by atoms with E-state index in [4.69, 9.17) is 0 Å². The Morgan fingerprint density at radius 3 is 2.59 bits per heavy atom. The molecule has 100 valence electrons. The van der Waals surface area contributed by atoms with Gasteiger partial charge in [-0.2, -0.15) is 13.2 Å². The Hall–Kier alpha value is -0.290. The molecule has 2 aliphatic heterocycles. The minimum atomic E-state index is -4.01. The first-order chi connectivity index (χ1) is 7.81. The lowest BCUT2D eigenvalue weighted by atomic mass is 9.85. The smallest absolute Gasteiger partial charge is 0.316 e. The molecule has 2 unspecified atom stereocenters. The summed E-state index contributed by atoms with van der Waals surface area (Å²) in [5, 5.41) is 3.37. The Morgan fingerprint density at radius 2 is 2.00 bits per heavy atom. The lowest BCUT2D eigenvalue weighted by Gasteiger charge is -2.35. The first kappa shape index (κ1) is 13.1. The van der Waals surface area contributed by atoms with Crippen molar-refractivity contribution in [1.82, 2.24) is 10.2 Å². The van der Waals surface area contributed by atoms with Crippen LogP contribution in [0.4, 0.5) is 13.2 Å². The van der Waals surface area contributed by atoms with E-state index in [1.165, 1.54) is 0 Å². The third-order valence-corrected chi connectivity index (χ3v) is 4.41. The SMILES string of the molecule is CC1(C)C2CNCC2CN1CCCC(F)(F)F. The molecule has 2 aliphatic rings. The fourth-order valence-corrected chi connectivity index (χ4v) is 3.35. The van der Waals surface area contributed by atoms with E-state index in [2.05, 4.69) is 24.1 Å². The van der Waals surface area contributed by atoms with Crippen LogP contribution in [0.25, 0.3) is 0 Å². The number of fused-ring (bicyclic) bond motifs is 1. The van der Waals surface area contributed by atoms with Gasteiger partial charge in [0.25, 0.3) is 0 Å². The zero-order chi connectivity index (χ0) is 12.7. The molecule has 0 aromatic rings. The van der Waals surface area contributed by atoms with E-state index >= 15 is 0 Å². The number of nitrogens with zero attached hydrogens (tertiary/aromatic N) is 1. The monoisotopic (exact) mass is 250 g/mol. The van der Waals surface area contributed by atoms with E-state index in [9.17, 15) is 13.2 Å². The highest BCUT2D eigenvalue weighted by Gasteiger charge is 2.49. The first-order valence-electron chi connectivity index (χ1n) is 6.33. The van der Waals surface area contributed by atoms with Crippen molar-refractivity contribution in [2.45, 2.75) is 38.4 Å². The number of likely N-dealkylation sites (tertiary alicyclic amines) is 1. The highest BCUT2D eigenvalue weighted by atomic mass is 19.4. The average Bonchev–Trinajstić information content (AvgIpc) is 2.69. The fraction of sp³-hybridized carbons (Fsp3) is 1.00. The van der Waals surface area contributed by atoms with Gasteiger partial charge in [0.2, 0.25) is 0 Å². The van der Waals surface area contributed by atoms with Crippen LogP contribution in [-0.2, 0) is 0 Å². The maximum atomic E-state index is 12.1. The van der Waals surface area contributed by atoms with Gasteiger partial charge in [-0.05, 0) is 45.2 Å². The van der Waals surface area contributed by atoms with Gasteiger partial charge in [-0.25, -0.2) is 0 Å². The van der Waals surface area contributed by atoms with Crippen molar-refractivity contribution in [3.8, 4) is 0 Å². The molecule has 2 saturated heterocycles. The Kier molecular flexibility index (Phi) is 3.42. The van der Waals surface area contributed by atoms with Crippen molar-refractivity contribution in [3.63, 3.8) is 0 Å². The lowest BCUT2D eigenvalue weighted by Crippen LogP contribution is -2.44. The molecule has 2 atom stereocenters. The van der Waals surface area contributed by atoms with Crippen molar-refractivity contribution in [1.29, 1.82) is 0 Å². The Balaban J connectivity index is 1.86. The van der Waals surface area contributed by atoms with Gasteiger partial charge in [-0.1, -0.05) is 0 Å². The second-order valence-electron chi connectivity index (χ2n) is 5.84. The normalized spacial score (nSPS) is 33.0. The van der Waals surface area contributed by atoms with Gasteiger partial charge in [0.05, 0.1) is 0 Å². The molecule has 0 aliphatic carbocycles. The summed E-state index contributed by atoms with van der Waals surface area (Å²) < 4.78 is 36.4. The summed E-state index contributed by atoms with van der Waals surface area (Å²) in [5.74, 6) is 1.21. The van der Waals surface area contributed by atoms with Crippen molar-refractivity contribution < 1.29 is 13.2 Å². The van der Waals surface area contributed by atoms with Gasteiger partial charge in [0.15, 0.2) is 0 Å². The van der Waals surface area contributed by atoms with E-state index < -0.39 is 12.6 Å². The third-order valence-electron chi connectivity index (χ3n) is 4.41. The molecular formula is C12H21F3N2. The molecule has 1 N–H and O–H groups in total. The number of hydrogen-bond donors (Lipinski definition) is 1. The van der Waals surface area contributed by atoms with Crippen LogP contribution in [0.2, 0.25) is 0 Å². The van der Waals surface area contributed by atoms with E-state index in [0.717, 1.165) is 19.6 Å². The summed E-state index contributed by atoms with van der Waals surface area (Å²) >= 11 is 0. The molecule has 0 bridgehead atoms. The molecule has 2 nitrogen and oxygen atoms in total. The van der Waals surface area contributed by atoms with Crippen LogP contribution in [0.15, 0.2) is 0 Å². The summed E-state index contributed by atoms with van der Waals surface area (Å²) in [6, 6.07) is 0. The minimum Gasteiger partial charge on any atom is -0.316 e. The summed E-state index contributed by atoms with van der Waals surface area (Å²) in [7, 11) is 0. The largest absolute Gasteiger partial charge is 0.389 e. The quantitative estimate of drug-likeness (QED) is 0.826. The third kappa shape index (κ3) is 2.76. The molecular weight excluding hydrogens is 229 g/mol. The van der Waals surface area contributed by atoms with Gasteiger partial charge >= 0.3 is 6.18 Å². The number of halogens is 3. The molecule has 0 saturated carbocycles. The maximum Gasteiger partial charge on any atom is 0.389 e. The topological polar surface area (TPSA) is 15.3 Å². The predicted octanol–water partition coefficient (Wildman–Crippen LogP) is 2.26. The van der Waals surface area contributed by atoms with Crippen molar-refractivity contribution >= 4 is 0 Å². The standard InChI is InChI=1S/C12H21F3N2/c1-11(2)10-7-16-6-9(10)8-17(11)5-3-4-12(13,14)15/h9-10,16H,3-8H2,1-2H3. The molecule has 0 radical (unpaired) electrons. The molecule has 2 fully saturated rings. The van der Waals surface area contributed by atoms with Gasteiger partial charge in [-0.3, -0.25) is 4.90 Å². The highest BCUT2D eigenvalue weighted by molar-refractivity contribution is 5.04. The molecule has 5 heteroatoms. The molecule has 17 heavy (non-hydrogen) atoms. The number of rotatable bonds is 3. The number of alkyl halides is 3. The second-order valence-corrected chi connectivity index (χ2v) is 5.84. The van der Waals surface area contributed by atoms with E-state index in [-0.39, 0.29) is 12.0 Å². The number of nitrogens with one attached hydrogen (secondary N) is 1. The van der Waals surface area contributed by atoms with Crippen LogP contribution < -0.4 is 5.32 Å². The van der Waals surface area contributed by atoms with Gasteiger partial charge < -0.3 is 5.32 Å². The predicted molar refractivity (Wildman–Crippen MR) is 60.8 cm³/mol. The van der Waals surface area contributed by atoms with Gasteiger partial charge in [0.1, 0.15) is 0 Å². The Labute approximate surface area is 101 Å². The van der Waals surface area contributed by atoms with Crippen LogP contribution in [0.5, 0.6) is 0 Å². The fourth-order valence-electron chi connectivity index (χ4n) is 3.35. The maximum absolute atomic E-state index is 12.1. The number of hydrogen-bond acceptors (Lipinski definition) is 2. The first-order valence-corrected chi connectivity index (χ1v) is 6.33. The zero-order valence-corrected chi connectivity index (χ0v) is 10.5. The Bertz CT molecular complexity index is 275. The highest BCUT2D eigenvalue weighted by Crippen LogP contribution is 2.40. The molecule has 2 heterocycles. The summed E-state index contributed by atoms with van der Waals surface area (Å²) in [4.78, 5) is 2.24. The van der Waals surface area contributed by atoms with Gasteiger partial charge in [0, 0.05) is 25.0 Å². The van der Waals surface area contributed by atoms with Crippen LogP contribution in [0, 0.1) is 11.8 Å². The lowest BCUT2D eigenvalue weighted by molar-refractivity contribution is -0.136. The van der Waals surface area contributed by atoms with Crippen molar-refractivity contribution in [2.24, 2.45) is 11.8 Å². The molecule has 0 aromatic heterocycles. The summed E-state index contributed by atoms with van der Waals surface area (Å²) in [6.45, 7) is 7.87. The molecule has 0 amide bonds. The van der Waals surface area contributed by atoms with Crippen molar-refractivity contribution in [2.75, 3.05) is 26.2 Å². The molecule has 0 spiro atoms. The van der Waals surface area contributed by atoms with E-state index in [0.29, 0.717) is 18.4 Å². The van der Waals surface area contributed by atoms with Crippen LogP contribution in [0.3, 0.4) is 0 Å². The van der Waals surface area contributed by atoms with Crippen LogP contribution in [0.1, 0.15) is 26.7 Å². The second kappa shape index (κ2) is 4.43. The Morgan fingerprint density at radius 1 is 1.29 bits per heavy atom. The van der Waals surface area contributed by atoms with E-state index in [1.54, 1.807) is 0 Å². The molecule has 0 aromatic carbocycles. The van der Waals surface area contributed by atoms with E-state index in [1.807, 2.05) is 0 Å². The summed E-state index contributed by atoms with van der Waals surface area (Å²) in [5.41, 5.74) is 0.0414. The average molecular weight is 250 g/mol.